The number of nitrogens with zero attached hydrogens (tertiary/aromatic N) is 2. The topological polar surface area (TPSA) is 86.3 Å². The Balaban J connectivity index is 2.26. The highest BCUT2D eigenvalue weighted by Crippen LogP contribution is 2.34. The minimum absolute atomic E-state index is 0.0375. The molecule has 18 heavy (non-hydrogen) atoms. The Bertz CT molecular complexity index is 537. The molecule has 2 heterocycles. The van der Waals surface area contributed by atoms with Crippen LogP contribution in [0.1, 0.15) is 25.2 Å². The Morgan fingerprint density at radius 3 is 2.33 bits per heavy atom. The van der Waals surface area contributed by atoms with Gasteiger partial charge in [-0.2, -0.15) is 9.40 Å². The van der Waals surface area contributed by atoms with Crippen LogP contribution in [0.4, 0.5) is 0 Å². The molecule has 0 aliphatic carbocycles. The zero-order valence-electron chi connectivity index (χ0n) is 11.1. The number of sulfonamides is 1. The normalized spacial score (nSPS) is 20.1. The third-order valence-corrected chi connectivity index (χ3v) is 5.69. The SMILES string of the molecule is Cc1n[nH]c(C)c1S(=O)(=O)N1CC(O)(C(C)C)C1. The molecule has 7 heteroatoms. The maximum absolute atomic E-state index is 12.4. The van der Waals surface area contributed by atoms with E-state index in [0.29, 0.717) is 11.4 Å². The average Bonchev–Trinajstić information content (AvgIpc) is 2.53. The number of β-amino-alcohol motifs (C(OH)–C–C–N with tert-alkyl or cyclic N) is 1. The van der Waals surface area contributed by atoms with Gasteiger partial charge >= 0.3 is 0 Å². The number of H-pyrrole nitrogens is 1. The van der Waals surface area contributed by atoms with E-state index in [-0.39, 0.29) is 23.9 Å². The largest absolute Gasteiger partial charge is 0.387 e. The highest BCUT2D eigenvalue weighted by Gasteiger charge is 2.49. The number of nitrogens with one attached hydrogen (secondary N) is 1. The second-order valence-electron chi connectivity index (χ2n) is 5.29. The van der Waals surface area contributed by atoms with Gasteiger partial charge in [-0.15, -0.1) is 0 Å². The molecule has 0 spiro atoms. The second-order valence-corrected chi connectivity index (χ2v) is 7.17. The molecule has 1 aromatic rings. The van der Waals surface area contributed by atoms with Crippen LogP contribution in [0.3, 0.4) is 0 Å². The quantitative estimate of drug-likeness (QED) is 0.835. The number of hydrogen-bond donors (Lipinski definition) is 2. The van der Waals surface area contributed by atoms with Crippen molar-refractivity contribution in [2.75, 3.05) is 13.1 Å². The van der Waals surface area contributed by atoms with Gasteiger partial charge in [0.2, 0.25) is 10.0 Å². The van der Waals surface area contributed by atoms with Crippen LogP contribution in [0.25, 0.3) is 0 Å². The number of aliphatic hydroxyl groups is 1. The molecule has 1 aliphatic rings. The van der Waals surface area contributed by atoms with E-state index in [9.17, 15) is 13.5 Å². The Hall–Kier alpha value is -0.920. The number of aromatic amines is 1. The molecular formula is C11H19N3O3S. The average molecular weight is 273 g/mol. The lowest BCUT2D eigenvalue weighted by Gasteiger charge is -2.47. The number of rotatable bonds is 3. The van der Waals surface area contributed by atoms with Crippen molar-refractivity contribution in [3.63, 3.8) is 0 Å². The molecule has 1 aliphatic heterocycles. The lowest BCUT2D eigenvalue weighted by molar-refractivity contribution is -0.0932. The molecule has 1 aromatic heterocycles. The first-order valence-electron chi connectivity index (χ1n) is 5.92. The molecule has 0 unspecified atom stereocenters. The van der Waals surface area contributed by atoms with Gasteiger partial charge in [-0.3, -0.25) is 5.10 Å². The van der Waals surface area contributed by atoms with Gasteiger partial charge in [0.25, 0.3) is 0 Å². The van der Waals surface area contributed by atoms with Crippen LogP contribution < -0.4 is 0 Å². The van der Waals surface area contributed by atoms with E-state index in [1.807, 2.05) is 13.8 Å². The summed E-state index contributed by atoms with van der Waals surface area (Å²) in [6.45, 7) is 7.41. The van der Waals surface area contributed by atoms with Gasteiger partial charge < -0.3 is 5.11 Å². The summed E-state index contributed by atoms with van der Waals surface area (Å²) < 4.78 is 26.1. The van der Waals surface area contributed by atoms with E-state index in [2.05, 4.69) is 10.2 Å². The minimum atomic E-state index is -3.55. The summed E-state index contributed by atoms with van der Waals surface area (Å²) in [5.74, 6) is 0.0375. The fraction of sp³-hybridized carbons (Fsp3) is 0.727. The molecule has 0 saturated carbocycles. The molecule has 0 amide bonds. The lowest BCUT2D eigenvalue weighted by atomic mass is 9.85. The summed E-state index contributed by atoms with van der Waals surface area (Å²) >= 11 is 0. The first-order valence-corrected chi connectivity index (χ1v) is 7.36. The van der Waals surface area contributed by atoms with Crippen molar-refractivity contribution in [3.05, 3.63) is 11.4 Å². The highest BCUT2D eigenvalue weighted by molar-refractivity contribution is 7.89. The first kappa shape index (κ1) is 13.5. The van der Waals surface area contributed by atoms with E-state index in [0.717, 1.165) is 0 Å². The summed E-state index contributed by atoms with van der Waals surface area (Å²) in [7, 11) is -3.55. The fourth-order valence-electron chi connectivity index (χ4n) is 2.15. The summed E-state index contributed by atoms with van der Waals surface area (Å²) in [5.41, 5.74) is 0.0958. The molecule has 102 valence electrons. The third-order valence-electron chi connectivity index (χ3n) is 3.63. The Labute approximate surface area is 107 Å². The molecule has 1 saturated heterocycles. The summed E-state index contributed by atoms with van der Waals surface area (Å²) in [6, 6.07) is 0. The number of aryl methyl sites for hydroxylation is 2. The van der Waals surface area contributed by atoms with E-state index < -0.39 is 15.6 Å². The van der Waals surface area contributed by atoms with Gasteiger partial charge in [-0.05, 0) is 19.8 Å². The van der Waals surface area contributed by atoms with Crippen LogP contribution in [0, 0.1) is 19.8 Å². The van der Waals surface area contributed by atoms with Crippen molar-refractivity contribution >= 4 is 10.0 Å². The highest BCUT2D eigenvalue weighted by atomic mass is 32.2. The van der Waals surface area contributed by atoms with Crippen LogP contribution in [0.5, 0.6) is 0 Å². The van der Waals surface area contributed by atoms with Crippen molar-refractivity contribution in [1.29, 1.82) is 0 Å². The zero-order chi connectivity index (χ0) is 13.7. The van der Waals surface area contributed by atoms with Gasteiger partial charge in [-0.25, -0.2) is 8.42 Å². The van der Waals surface area contributed by atoms with Crippen molar-refractivity contribution in [3.8, 4) is 0 Å². The van der Waals surface area contributed by atoms with Crippen LogP contribution in [0.15, 0.2) is 4.90 Å². The smallest absolute Gasteiger partial charge is 0.246 e. The number of hydrogen-bond acceptors (Lipinski definition) is 4. The van der Waals surface area contributed by atoms with Crippen molar-refractivity contribution < 1.29 is 13.5 Å². The molecule has 2 rings (SSSR count). The Morgan fingerprint density at radius 2 is 1.94 bits per heavy atom. The molecular weight excluding hydrogens is 254 g/mol. The van der Waals surface area contributed by atoms with Crippen LogP contribution in [-0.4, -0.2) is 46.7 Å². The standard InChI is InChI=1S/C11H19N3O3S/c1-7(2)11(15)5-14(6-11)18(16,17)10-8(3)12-13-9(10)4/h7,15H,5-6H2,1-4H3,(H,12,13). The Kier molecular flexibility index (Phi) is 3.03. The second kappa shape index (κ2) is 4.04. The maximum atomic E-state index is 12.4. The van der Waals surface area contributed by atoms with Gasteiger partial charge in [0.15, 0.2) is 0 Å². The van der Waals surface area contributed by atoms with Gasteiger partial charge in [-0.1, -0.05) is 13.8 Å². The van der Waals surface area contributed by atoms with Gasteiger partial charge in [0.05, 0.1) is 17.0 Å². The third kappa shape index (κ3) is 1.86. The number of aromatic nitrogens is 2. The molecule has 6 nitrogen and oxygen atoms in total. The van der Waals surface area contributed by atoms with E-state index in [1.54, 1.807) is 13.8 Å². The first-order chi connectivity index (χ1) is 8.18. The van der Waals surface area contributed by atoms with E-state index in [4.69, 9.17) is 0 Å². The van der Waals surface area contributed by atoms with Crippen molar-refractivity contribution in [2.45, 2.75) is 38.2 Å². The fourth-order valence-corrected chi connectivity index (χ4v) is 4.05. The molecule has 1 fully saturated rings. The zero-order valence-corrected chi connectivity index (χ0v) is 11.9. The van der Waals surface area contributed by atoms with E-state index in [1.165, 1.54) is 4.31 Å². The molecule has 2 N–H and O–H groups in total. The van der Waals surface area contributed by atoms with Gasteiger partial charge in [0.1, 0.15) is 4.90 Å². The summed E-state index contributed by atoms with van der Waals surface area (Å²) in [4.78, 5) is 0.230. The monoisotopic (exact) mass is 273 g/mol. The predicted octanol–water partition coefficient (Wildman–Crippen LogP) is 0.418. The van der Waals surface area contributed by atoms with Crippen LogP contribution in [-0.2, 0) is 10.0 Å². The summed E-state index contributed by atoms with van der Waals surface area (Å²) in [5, 5.41) is 16.7. The lowest BCUT2D eigenvalue weighted by Crippen LogP contribution is -2.65. The van der Waals surface area contributed by atoms with Gasteiger partial charge in [0, 0.05) is 13.1 Å². The van der Waals surface area contributed by atoms with Crippen molar-refractivity contribution in [2.24, 2.45) is 5.92 Å². The minimum Gasteiger partial charge on any atom is -0.387 e. The Morgan fingerprint density at radius 1 is 1.39 bits per heavy atom. The molecule has 0 aromatic carbocycles. The molecule has 0 radical (unpaired) electrons. The molecule has 0 bridgehead atoms. The van der Waals surface area contributed by atoms with Crippen molar-refractivity contribution in [1.82, 2.24) is 14.5 Å². The van der Waals surface area contributed by atoms with Crippen LogP contribution >= 0.6 is 0 Å². The summed E-state index contributed by atoms with van der Waals surface area (Å²) in [6.07, 6.45) is 0. The molecule has 0 atom stereocenters. The van der Waals surface area contributed by atoms with Crippen LogP contribution in [0.2, 0.25) is 0 Å². The predicted molar refractivity (Wildman–Crippen MR) is 66.6 cm³/mol. The maximum Gasteiger partial charge on any atom is 0.246 e. The van der Waals surface area contributed by atoms with E-state index >= 15 is 0 Å².